The molecular formula is C13H23F2N. The summed E-state index contributed by atoms with van der Waals surface area (Å²) in [6.07, 6.45) is 8.45. The molecule has 0 amide bonds. The summed E-state index contributed by atoms with van der Waals surface area (Å²) in [5.74, 6) is -1.75. The molecule has 1 nitrogen and oxygen atoms in total. The largest absolute Gasteiger partial charge is 0.325 e. The molecule has 0 radical (unpaired) electrons. The van der Waals surface area contributed by atoms with Gasteiger partial charge in [-0.25, -0.2) is 8.78 Å². The molecule has 0 saturated heterocycles. The van der Waals surface area contributed by atoms with Gasteiger partial charge in [0.05, 0.1) is 0 Å². The maximum absolute atomic E-state index is 13.1. The molecule has 0 bridgehead atoms. The fraction of sp³-hybridized carbons (Fsp3) is 1.00. The van der Waals surface area contributed by atoms with Crippen LogP contribution < -0.4 is 5.73 Å². The first-order valence-corrected chi connectivity index (χ1v) is 6.66. The van der Waals surface area contributed by atoms with Crippen LogP contribution in [0.5, 0.6) is 0 Å². The quantitative estimate of drug-likeness (QED) is 0.767. The van der Waals surface area contributed by atoms with Gasteiger partial charge in [-0.15, -0.1) is 0 Å². The molecule has 94 valence electrons. The summed E-state index contributed by atoms with van der Waals surface area (Å²) < 4.78 is 26.1. The molecule has 3 heteroatoms. The summed E-state index contributed by atoms with van der Waals surface area (Å²) in [6.45, 7) is 0. The Morgan fingerprint density at radius 2 is 1.50 bits per heavy atom. The molecule has 0 aliphatic heterocycles. The lowest BCUT2D eigenvalue weighted by atomic mass is 9.72. The van der Waals surface area contributed by atoms with E-state index in [1.54, 1.807) is 0 Å². The third-order valence-corrected chi connectivity index (χ3v) is 4.40. The van der Waals surface area contributed by atoms with E-state index in [2.05, 4.69) is 0 Å². The zero-order chi connectivity index (χ0) is 11.6. The van der Waals surface area contributed by atoms with Crippen LogP contribution in [-0.4, -0.2) is 11.5 Å². The smallest absolute Gasteiger partial charge is 0.248 e. The van der Waals surface area contributed by atoms with Crippen LogP contribution in [0.25, 0.3) is 0 Å². The summed E-state index contributed by atoms with van der Waals surface area (Å²) in [6, 6.07) is 0. The molecule has 2 aliphatic carbocycles. The minimum atomic E-state index is -2.45. The molecule has 0 atom stereocenters. The minimum Gasteiger partial charge on any atom is -0.325 e. The Kier molecular flexibility index (Phi) is 3.53. The SMILES string of the molecule is NC1(CC2CCCCC2)CCC(F)(F)CC1. The van der Waals surface area contributed by atoms with E-state index in [-0.39, 0.29) is 18.4 Å². The van der Waals surface area contributed by atoms with Gasteiger partial charge >= 0.3 is 0 Å². The Morgan fingerprint density at radius 3 is 2.06 bits per heavy atom. The average Bonchev–Trinajstić information content (AvgIpc) is 2.25. The van der Waals surface area contributed by atoms with Crippen molar-refractivity contribution in [3.05, 3.63) is 0 Å². The Bertz CT molecular complexity index is 224. The molecule has 0 aromatic heterocycles. The molecule has 0 aromatic carbocycles. The summed E-state index contributed by atoms with van der Waals surface area (Å²) in [4.78, 5) is 0. The molecule has 2 rings (SSSR count). The lowest BCUT2D eigenvalue weighted by Crippen LogP contribution is -2.47. The van der Waals surface area contributed by atoms with Crippen LogP contribution >= 0.6 is 0 Å². The second-order valence-electron chi connectivity index (χ2n) is 5.93. The first kappa shape index (κ1) is 12.3. The highest BCUT2D eigenvalue weighted by atomic mass is 19.3. The maximum atomic E-state index is 13.1. The van der Waals surface area contributed by atoms with E-state index in [4.69, 9.17) is 5.73 Å². The van der Waals surface area contributed by atoms with Crippen molar-refractivity contribution in [1.82, 2.24) is 0 Å². The number of hydrogen-bond donors (Lipinski definition) is 1. The normalized spacial score (nSPS) is 30.2. The van der Waals surface area contributed by atoms with Crippen LogP contribution in [0.4, 0.5) is 8.78 Å². The van der Waals surface area contributed by atoms with Gasteiger partial charge in [-0.1, -0.05) is 32.1 Å². The van der Waals surface area contributed by atoms with Crippen molar-refractivity contribution in [2.24, 2.45) is 11.7 Å². The van der Waals surface area contributed by atoms with Gasteiger partial charge in [-0.2, -0.15) is 0 Å². The molecule has 16 heavy (non-hydrogen) atoms. The Morgan fingerprint density at radius 1 is 0.938 bits per heavy atom. The van der Waals surface area contributed by atoms with Crippen LogP contribution in [-0.2, 0) is 0 Å². The van der Waals surface area contributed by atoms with Crippen molar-refractivity contribution >= 4 is 0 Å². The van der Waals surface area contributed by atoms with Crippen molar-refractivity contribution in [3.63, 3.8) is 0 Å². The van der Waals surface area contributed by atoms with Crippen molar-refractivity contribution in [2.75, 3.05) is 0 Å². The van der Waals surface area contributed by atoms with E-state index >= 15 is 0 Å². The third-order valence-electron chi connectivity index (χ3n) is 4.40. The highest BCUT2D eigenvalue weighted by Gasteiger charge is 2.41. The number of nitrogens with two attached hydrogens (primary N) is 1. The lowest BCUT2D eigenvalue weighted by molar-refractivity contribution is -0.0539. The summed E-state index contributed by atoms with van der Waals surface area (Å²) in [7, 11) is 0. The second-order valence-corrected chi connectivity index (χ2v) is 5.93. The second kappa shape index (κ2) is 4.59. The van der Waals surface area contributed by atoms with E-state index in [0.717, 1.165) is 6.42 Å². The zero-order valence-corrected chi connectivity index (χ0v) is 9.98. The summed E-state index contributed by atoms with van der Waals surface area (Å²) in [5.41, 5.74) is 5.99. The fourth-order valence-electron chi connectivity index (χ4n) is 3.28. The van der Waals surface area contributed by atoms with Crippen LogP contribution in [0, 0.1) is 5.92 Å². The highest BCUT2D eigenvalue weighted by Crippen LogP contribution is 2.41. The number of rotatable bonds is 2. The van der Waals surface area contributed by atoms with Gasteiger partial charge in [0.25, 0.3) is 0 Å². The van der Waals surface area contributed by atoms with E-state index in [0.29, 0.717) is 18.8 Å². The third kappa shape index (κ3) is 3.16. The van der Waals surface area contributed by atoms with E-state index in [1.807, 2.05) is 0 Å². The van der Waals surface area contributed by atoms with Crippen molar-refractivity contribution in [3.8, 4) is 0 Å². The summed E-state index contributed by atoms with van der Waals surface area (Å²) >= 11 is 0. The van der Waals surface area contributed by atoms with Crippen LogP contribution in [0.1, 0.15) is 64.2 Å². The monoisotopic (exact) mass is 231 g/mol. The van der Waals surface area contributed by atoms with Crippen LogP contribution in [0.15, 0.2) is 0 Å². The van der Waals surface area contributed by atoms with Crippen LogP contribution in [0.3, 0.4) is 0 Å². The zero-order valence-electron chi connectivity index (χ0n) is 9.98. The van der Waals surface area contributed by atoms with Gasteiger partial charge in [-0.3, -0.25) is 0 Å². The van der Waals surface area contributed by atoms with Gasteiger partial charge < -0.3 is 5.73 Å². The molecule has 0 heterocycles. The van der Waals surface area contributed by atoms with Crippen LogP contribution in [0.2, 0.25) is 0 Å². The Balaban J connectivity index is 1.84. The first-order chi connectivity index (χ1) is 7.49. The van der Waals surface area contributed by atoms with E-state index < -0.39 is 5.92 Å². The first-order valence-electron chi connectivity index (χ1n) is 6.66. The standard InChI is InChI=1S/C13H23F2N/c14-13(15)8-6-12(16,7-9-13)10-11-4-2-1-3-5-11/h11H,1-10,16H2. The van der Waals surface area contributed by atoms with Gasteiger partial charge in [0.2, 0.25) is 5.92 Å². The van der Waals surface area contributed by atoms with Crippen molar-refractivity contribution < 1.29 is 8.78 Å². The predicted molar refractivity (Wildman–Crippen MR) is 61.5 cm³/mol. The van der Waals surface area contributed by atoms with Crippen molar-refractivity contribution in [2.45, 2.75) is 75.7 Å². The molecular weight excluding hydrogens is 208 g/mol. The van der Waals surface area contributed by atoms with Gasteiger partial charge in [-0.05, 0) is 25.2 Å². The topological polar surface area (TPSA) is 26.0 Å². The van der Waals surface area contributed by atoms with Gasteiger partial charge in [0.1, 0.15) is 0 Å². The van der Waals surface area contributed by atoms with Gasteiger partial charge in [0, 0.05) is 18.4 Å². The lowest BCUT2D eigenvalue weighted by Gasteiger charge is -2.40. The Hall–Kier alpha value is -0.180. The Labute approximate surface area is 96.8 Å². The molecule has 0 unspecified atom stereocenters. The number of halogens is 2. The van der Waals surface area contributed by atoms with Crippen molar-refractivity contribution in [1.29, 1.82) is 0 Å². The molecule has 2 saturated carbocycles. The number of alkyl halides is 2. The molecule has 0 aromatic rings. The molecule has 0 spiro atoms. The predicted octanol–water partition coefficient (Wildman–Crippen LogP) is 3.86. The highest BCUT2D eigenvalue weighted by molar-refractivity contribution is 4.94. The number of hydrogen-bond acceptors (Lipinski definition) is 1. The summed E-state index contributed by atoms with van der Waals surface area (Å²) in [5, 5.41) is 0. The molecule has 2 N–H and O–H groups in total. The van der Waals surface area contributed by atoms with Gasteiger partial charge in [0.15, 0.2) is 0 Å². The fourth-order valence-corrected chi connectivity index (χ4v) is 3.28. The minimum absolute atomic E-state index is 0.00375. The van der Waals surface area contributed by atoms with E-state index in [1.165, 1.54) is 32.1 Å². The maximum Gasteiger partial charge on any atom is 0.248 e. The average molecular weight is 231 g/mol. The van der Waals surface area contributed by atoms with E-state index in [9.17, 15) is 8.78 Å². The molecule has 2 aliphatic rings. The molecule has 2 fully saturated rings.